The van der Waals surface area contributed by atoms with Crippen molar-refractivity contribution in [2.45, 2.75) is 25.7 Å². The number of hydrogen-bond acceptors (Lipinski definition) is 2. The summed E-state index contributed by atoms with van der Waals surface area (Å²) in [7, 11) is 0. The molecule has 2 fully saturated rings. The Bertz CT molecular complexity index is 336. The standard InChI is InChI=1S/C14H20N2/c1-2-7-16-13(6-1)8-11-4-3-5-12-9-15-10-14(11)12/h1-2,6-7,11-12,14-15H,3-5,8-10H2. The maximum Gasteiger partial charge on any atom is 0.0406 e. The number of rotatable bonds is 2. The van der Waals surface area contributed by atoms with Crippen LogP contribution in [0.2, 0.25) is 0 Å². The Morgan fingerprint density at radius 1 is 1.25 bits per heavy atom. The fourth-order valence-corrected chi connectivity index (χ4v) is 3.52. The van der Waals surface area contributed by atoms with E-state index in [0.717, 1.165) is 17.8 Å². The maximum absolute atomic E-state index is 4.47. The Kier molecular flexibility index (Phi) is 2.92. The van der Waals surface area contributed by atoms with Crippen LogP contribution in [0.5, 0.6) is 0 Å². The number of pyridine rings is 1. The molecule has 2 aliphatic rings. The van der Waals surface area contributed by atoms with Gasteiger partial charge in [0, 0.05) is 11.9 Å². The highest BCUT2D eigenvalue weighted by Crippen LogP contribution is 2.38. The van der Waals surface area contributed by atoms with Gasteiger partial charge < -0.3 is 5.32 Å². The van der Waals surface area contributed by atoms with E-state index in [0.29, 0.717) is 0 Å². The van der Waals surface area contributed by atoms with Crippen molar-refractivity contribution in [2.24, 2.45) is 17.8 Å². The summed E-state index contributed by atoms with van der Waals surface area (Å²) in [6, 6.07) is 6.28. The van der Waals surface area contributed by atoms with Gasteiger partial charge in [-0.2, -0.15) is 0 Å². The van der Waals surface area contributed by atoms with Crippen molar-refractivity contribution < 1.29 is 0 Å². The number of nitrogens with zero attached hydrogens (tertiary/aromatic N) is 1. The van der Waals surface area contributed by atoms with Crippen molar-refractivity contribution in [3.8, 4) is 0 Å². The van der Waals surface area contributed by atoms with Crippen molar-refractivity contribution in [1.82, 2.24) is 10.3 Å². The van der Waals surface area contributed by atoms with E-state index in [2.05, 4.69) is 22.4 Å². The Hall–Kier alpha value is -0.890. The van der Waals surface area contributed by atoms with Crippen LogP contribution < -0.4 is 5.32 Å². The molecule has 1 saturated carbocycles. The van der Waals surface area contributed by atoms with Crippen molar-refractivity contribution in [2.75, 3.05) is 13.1 Å². The molecule has 3 rings (SSSR count). The fourth-order valence-electron chi connectivity index (χ4n) is 3.52. The summed E-state index contributed by atoms with van der Waals surface area (Å²) < 4.78 is 0. The number of hydrogen-bond donors (Lipinski definition) is 1. The first-order valence-corrected chi connectivity index (χ1v) is 6.54. The van der Waals surface area contributed by atoms with E-state index in [9.17, 15) is 0 Å². The molecule has 0 aromatic carbocycles. The van der Waals surface area contributed by atoms with E-state index in [-0.39, 0.29) is 0 Å². The second-order valence-electron chi connectivity index (χ2n) is 5.30. The number of nitrogens with one attached hydrogen (secondary N) is 1. The highest BCUT2D eigenvalue weighted by molar-refractivity contribution is 5.06. The molecule has 2 heterocycles. The summed E-state index contributed by atoms with van der Waals surface area (Å²) in [6.45, 7) is 2.49. The maximum atomic E-state index is 4.47. The van der Waals surface area contributed by atoms with Gasteiger partial charge in [0.15, 0.2) is 0 Å². The zero-order valence-corrected chi connectivity index (χ0v) is 9.73. The van der Waals surface area contributed by atoms with Crippen LogP contribution >= 0.6 is 0 Å². The lowest BCUT2D eigenvalue weighted by Crippen LogP contribution is -2.28. The highest BCUT2D eigenvalue weighted by atomic mass is 14.9. The lowest BCUT2D eigenvalue weighted by molar-refractivity contribution is 0.197. The van der Waals surface area contributed by atoms with Crippen molar-refractivity contribution in [1.29, 1.82) is 0 Å². The summed E-state index contributed by atoms with van der Waals surface area (Å²) in [5.74, 6) is 2.72. The monoisotopic (exact) mass is 216 g/mol. The van der Waals surface area contributed by atoms with Gasteiger partial charge in [-0.3, -0.25) is 4.98 Å². The Labute approximate surface area is 97.5 Å². The van der Waals surface area contributed by atoms with Crippen molar-refractivity contribution >= 4 is 0 Å². The fraction of sp³-hybridized carbons (Fsp3) is 0.643. The molecule has 1 aliphatic carbocycles. The van der Waals surface area contributed by atoms with E-state index >= 15 is 0 Å². The van der Waals surface area contributed by atoms with E-state index in [4.69, 9.17) is 0 Å². The molecule has 1 saturated heterocycles. The molecule has 0 amide bonds. The Morgan fingerprint density at radius 2 is 2.25 bits per heavy atom. The van der Waals surface area contributed by atoms with Crippen LogP contribution in [0.25, 0.3) is 0 Å². The molecular formula is C14H20N2. The zero-order valence-electron chi connectivity index (χ0n) is 9.73. The third kappa shape index (κ3) is 1.99. The minimum atomic E-state index is 0.864. The first-order chi connectivity index (χ1) is 7.93. The molecule has 0 bridgehead atoms. The Balaban J connectivity index is 1.70. The van der Waals surface area contributed by atoms with Gasteiger partial charge in [-0.1, -0.05) is 12.5 Å². The average Bonchev–Trinajstić information content (AvgIpc) is 2.80. The number of fused-ring (bicyclic) bond motifs is 1. The van der Waals surface area contributed by atoms with Gasteiger partial charge in [-0.15, -0.1) is 0 Å². The molecule has 1 aromatic rings. The van der Waals surface area contributed by atoms with E-state index in [1.807, 2.05) is 12.3 Å². The Morgan fingerprint density at radius 3 is 3.12 bits per heavy atom. The van der Waals surface area contributed by atoms with E-state index in [1.165, 1.54) is 44.5 Å². The van der Waals surface area contributed by atoms with Gasteiger partial charge >= 0.3 is 0 Å². The van der Waals surface area contributed by atoms with Crippen LogP contribution in [0.3, 0.4) is 0 Å². The third-order valence-electron chi connectivity index (χ3n) is 4.34. The van der Waals surface area contributed by atoms with Crippen LogP contribution in [0.1, 0.15) is 25.0 Å². The van der Waals surface area contributed by atoms with E-state index in [1.54, 1.807) is 0 Å². The molecule has 16 heavy (non-hydrogen) atoms. The normalized spacial score (nSPS) is 33.6. The molecule has 1 aliphatic heterocycles. The predicted octanol–water partition coefficient (Wildman–Crippen LogP) is 2.26. The minimum Gasteiger partial charge on any atom is -0.316 e. The summed E-state index contributed by atoms with van der Waals surface area (Å²) in [6.07, 6.45) is 7.36. The smallest absolute Gasteiger partial charge is 0.0406 e. The molecule has 1 aromatic heterocycles. The van der Waals surface area contributed by atoms with Crippen LogP contribution in [-0.2, 0) is 6.42 Å². The topological polar surface area (TPSA) is 24.9 Å². The highest BCUT2D eigenvalue weighted by Gasteiger charge is 2.36. The number of aromatic nitrogens is 1. The largest absolute Gasteiger partial charge is 0.316 e. The lowest BCUT2D eigenvalue weighted by Gasteiger charge is -2.32. The average molecular weight is 216 g/mol. The summed E-state index contributed by atoms with van der Waals surface area (Å²) >= 11 is 0. The quantitative estimate of drug-likeness (QED) is 0.820. The van der Waals surface area contributed by atoms with Crippen LogP contribution in [-0.4, -0.2) is 18.1 Å². The minimum absolute atomic E-state index is 0.864. The second kappa shape index (κ2) is 4.54. The lowest BCUT2D eigenvalue weighted by atomic mass is 9.72. The van der Waals surface area contributed by atoms with Gasteiger partial charge in [-0.05, 0) is 62.2 Å². The van der Waals surface area contributed by atoms with Crippen molar-refractivity contribution in [3.05, 3.63) is 30.1 Å². The van der Waals surface area contributed by atoms with Crippen LogP contribution in [0.15, 0.2) is 24.4 Å². The molecule has 3 unspecified atom stereocenters. The van der Waals surface area contributed by atoms with Gasteiger partial charge in [0.1, 0.15) is 0 Å². The summed E-state index contributed by atoms with van der Waals surface area (Å²) in [5, 5.41) is 3.56. The van der Waals surface area contributed by atoms with Gasteiger partial charge in [-0.25, -0.2) is 0 Å². The van der Waals surface area contributed by atoms with Crippen LogP contribution in [0.4, 0.5) is 0 Å². The van der Waals surface area contributed by atoms with Crippen molar-refractivity contribution in [3.63, 3.8) is 0 Å². The molecule has 0 radical (unpaired) electrons. The first-order valence-electron chi connectivity index (χ1n) is 6.54. The second-order valence-corrected chi connectivity index (χ2v) is 5.30. The van der Waals surface area contributed by atoms with E-state index < -0.39 is 0 Å². The molecule has 1 N–H and O–H groups in total. The van der Waals surface area contributed by atoms with Crippen LogP contribution in [0, 0.1) is 17.8 Å². The molecular weight excluding hydrogens is 196 g/mol. The summed E-state index contributed by atoms with van der Waals surface area (Å²) in [5.41, 5.74) is 1.28. The molecule has 2 nitrogen and oxygen atoms in total. The van der Waals surface area contributed by atoms with Gasteiger partial charge in [0.2, 0.25) is 0 Å². The molecule has 0 spiro atoms. The molecule has 2 heteroatoms. The first kappa shape index (κ1) is 10.3. The van der Waals surface area contributed by atoms with Gasteiger partial charge in [0.25, 0.3) is 0 Å². The SMILES string of the molecule is c1ccc(CC2CCCC3CNCC32)nc1. The predicted molar refractivity (Wildman–Crippen MR) is 65.1 cm³/mol. The third-order valence-corrected chi connectivity index (χ3v) is 4.34. The molecule has 3 atom stereocenters. The zero-order chi connectivity index (χ0) is 10.8. The van der Waals surface area contributed by atoms with Gasteiger partial charge in [0.05, 0.1) is 0 Å². The molecule has 86 valence electrons. The summed E-state index contributed by atoms with van der Waals surface area (Å²) in [4.78, 5) is 4.47.